The van der Waals surface area contributed by atoms with E-state index in [1.807, 2.05) is 0 Å². The maximum absolute atomic E-state index is 5.20. The monoisotopic (exact) mass is 231 g/mol. The lowest BCUT2D eigenvalue weighted by molar-refractivity contribution is 0.153. The molecule has 90 valence electrons. The van der Waals surface area contributed by atoms with Crippen LogP contribution in [0.15, 0.2) is 0 Å². The lowest BCUT2D eigenvalue weighted by Gasteiger charge is -2.15. The topological polar surface area (TPSA) is 12.5 Å². The van der Waals surface area contributed by atoms with Crippen LogP contribution in [0, 0.1) is 5.92 Å². The molecule has 3 heteroatoms. The van der Waals surface area contributed by atoms with Gasteiger partial charge in [-0.25, -0.2) is 0 Å². The van der Waals surface area contributed by atoms with E-state index < -0.39 is 0 Å². The number of unbranched alkanes of at least 4 members (excludes halogenated alkanes) is 3. The van der Waals surface area contributed by atoms with Gasteiger partial charge in [0.15, 0.2) is 0 Å². The number of ether oxygens (including phenoxy) is 1. The minimum absolute atomic E-state index is 0.785. The minimum Gasteiger partial charge on any atom is -0.384 e. The number of methoxy groups -OCH3 is 1. The van der Waals surface area contributed by atoms with Crippen LogP contribution in [-0.2, 0) is 4.74 Å². The van der Waals surface area contributed by atoms with E-state index in [4.69, 9.17) is 4.74 Å². The van der Waals surface area contributed by atoms with Gasteiger partial charge in [0.05, 0.1) is 6.61 Å². The second kappa shape index (κ2) is 8.43. The summed E-state index contributed by atoms with van der Waals surface area (Å²) in [5.74, 6) is 1.83. The van der Waals surface area contributed by atoms with Gasteiger partial charge in [0.2, 0.25) is 0 Å². The number of hydrogen-bond acceptors (Lipinski definition) is 3. The molecule has 0 N–H and O–H groups in total. The Morgan fingerprint density at radius 1 is 1.27 bits per heavy atom. The molecule has 0 amide bonds. The SMILES string of the molecule is COCC1CCN(CCCCCCS)C1. The first kappa shape index (κ1) is 13.3. The van der Waals surface area contributed by atoms with Crippen molar-refractivity contribution in [1.82, 2.24) is 4.90 Å². The zero-order valence-corrected chi connectivity index (χ0v) is 10.8. The Labute approximate surface area is 99.8 Å². The fourth-order valence-electron chi connectivity index (χ4n) is 2.29. The number of thiol groups is 1. The van der Waals surface area contributed by atoms with Crippen molar-refractivity contribution in [3.05, 3.63) is 0 Å². The van der Waals surface area contributed by atoms with Crippen LogP contribution in [-0.4, -0.2) is 44.0 Å². The summed E-state index contributed by atoms with van der Waals surface area (Å²) in [6.07, 6.45) is 6.66. The van der Waals surface area contributed by atoms with Gasteiger partial charge in [0.1, 0.15) is 0 Å². The molecule has 0 bridgehead atoms. The Kier molecular flexibility index (Phi) is 7.49. The van der Waals surface area contributed by atoms with Gasteiger partial charge in [-0.3, -0.25) is 0 Å². The van der Waals surface area contributed by atoms with Crippen LogP contribution in [0.3, 0.4) is 0 Å². The van der Waals surface area contributed by atoms with Gasteiger partial charge in [0, 0.05) is 13.7 Å². The smallest absolute Gasteiger partial charge is 0.0503 e. The molecule has 1 aliphatic rings. The van der Waals surface area contributed by atoms with Gasteiger partial charge in [-0.15, -0.1) is 0 Å². The van der Waals surface area contributed by atoms with Crippen molar-refractivity contribution in [1.29, 1.82) is 0 Å². The van der Waals surface area contributed by atoms with E-state index in [1.165, 1.54) is 51.7 Å². The van der Waals surface area contributed by atoms with Crippen LogP contribution in [0.1, 0.15) is 32.1 Å². The molecule has 0 saturated carbocycles. The fraction of sp³-hybridized carbons (Fsp3) is 1.00. The highest BCUT2D eigenvalue weighted by atomic mass is 32.1. The molecule has 0 radical (unpaired) electrons. The van der Waals surface area contributed by atoms with Crippen molar-refractivity contribution in [3.63, 3.8) is 0 Å². The van der Waals surface area contributed by atoms with Gasteiger partial charge in [-0.1, -0.05) is 12.8 Å². The Hall–Kier alpha value is 0.270. The number of hydrogen-bond donors (Lipinski definition) is 1. The summed E-state index contributed by atoms with van der Waals surface area (Å²) in [5.41, 5.74) is 0. The summed E-state index contributed by atoms with van der Waals surface area (Å²) in [6.45, 7) is 4.75. The number of likely N-dealkylation sites (tertiary alicyclic amines) is 1. The van der Waals surface area contributed by atoms with E-state index in [1.54, 1.807) is 7.11 Å². The lowest BCUT2D eigenvalue weighted by atomic mass is 10.1. The summed E-state index contributed by atoms with van der Waals surface area (Å²) in [4.78, 5) is 2.59. The molecule has 0 spiro atoms. The molecule has 1 saturated heterocycles. The van der Waals surface area contributed by atoms with Crippen molar-refractivity contribution in [2.24, 2.45) is 5.92 Å². The van der Waals surface area contributed by atoms with Gasteiger partial charge in [-0.2, -0.15) is 12.6 Å². The highest BCUT2D eigenvalue weighted by Gasteiger charge is 2.21. The minimum atomic E-state index is 0.785. The Balaban J connectivity index is 1.94. The molecule has 1 heterocycles. The van der Waals surface area contributed by atoms with E-state index in [2.05, 4.69) is 17.5 Å². The zero-order valence-electron chi connectivity index (χ0n) is 9.95. The Morgan fingerprint density at radius 2 is 2.07 bits per heavy atom. The molecule has 0 aromatic carbocycles. The van der Waals surface area contributed by atoms with E-state index in [9.17, 15) is 0 Å². The van der Waals surface area contributed by atoms with Crippen molar-refractivity contribution in [2.75, 3.05) is 39.1 Å². The largest absolute Gasteiger partial charge is 0.384 e. The third kappa shape index (κ3) is 5.79. The molecule has 15 heavy (non-hydrogen) atoms. The standard InChI is InChI=1S/C12H25NOS/c1-14-11-12-6-8-13(10-12)7-4-2-3-5-9-15/h12,15H,2-11H2,1H3. The molecule has 2 nitrogen and oxygen atoms in total. The normalized spacial score (nSPS) is 22.4. The summed E-state index contributed by atoms with van der Waals surface area (Å²) in [6, 6.07) is 0. The van der Waals surface area contributed by atoms with Crippen molar-refractivity contribution >= 4 is 12.6 Å². The Bertz CT molecular complexity index is 155. The summed E-state index contributed by atoms with van der Waals surface area (Å²) >= 11 is 4.22. The molecular weight excluding hydrogens is 206 g/mol. The lowest BCUT2D eigenvalue weighted by Crippen LogP contribution is -2.22. The molecule has 1 atom stereocenters. The molecule has 0 aromatic rings. The van der Waals surface area contributed by atoms with Crippen LogP contribution in [0.4, 0.5) is 0 Å². The first-order valence-electron chi connectivity index (χ1n) is 6.19. The third-order valence-corrected chi connectivity index (χ3v) is 3.47. The summed E-state index contributed by atoms with van der Waals surface area (Å²) in [5, 5.41) is 0. The summed E-state index contributed by atoms with van der Waals surface area (Å²) < 4.78 is 5.20. The van der Waals surface area contributed by atoms with E-state index in [-0.39, 0.29) is 0 Å². The van der Waals surface area contributed by atoms with Crippen LogP contribution >= 0.6 is 12.6 Å². The molecule has 1 unspecified atom stereocenters. The average Bonchev–Trinajstić information content (AvgIpc) is 2.66. The van der Waals surface area contributed by atoms with E-state index in [0.717, 1.165) is 18.3 Å². The maximum Gasteiger partial charge on any atom is 0.0503 e. The highest BCUT2D eigenvalue weighted by Crippen LogP contribution is 2.16. The molecule has 0 aromatic heterocycles. The first-order valence-corrected chi connectivity index (χ1v) is 6.82. The average molecular weight is 231 g/mol. The predicted octanol–water partition coefficient (Wildman–Crippen LogP) is 2.44. The van der Waals surface area contributed by atoms with Crippen LogP contribution < -0.4 is 0 Å². The fourth-order valence-corrected chi connectivity index (χ4v) is 2.51. The zero-order chi connectivity index (χ0) is 10.9. The quantitative estimate of drug-likeness (QED) is 0.509. The second-order valence-corrected chi connectivity index (χ2v) is 5.00. The molecule has 1 rings (SSSR count). The predicted molar refractivity (Wildman–Crippen MR) is 68.7 cm³/mol. The van der Waals surface area contributed by atoms with Crippen molar-refractivity contribution < 1.29 is 4.74 Å². The summed E-state index contributed by atoms with van der Waals surface area (Å²) in [7, 11) is 1.81. The van der Waals surface area contributed by atoms with Crippen LogP contribution in [0.25, 0.3) is 0 Å². The van der Waals surface area contributed by atoms with E-state index in [0.29, 0.717) is 0 Å². The van der Waals surface area contributed by atoms with Gasteiger partial charge in [0.25, 0.3) is 0 Å². The molecule has 1 fully saturated rings. The third-order valence-electron chi connectivity index (χ3n) is 3.15. The van der Waals surface area contributed by atoms with Crippen LogP contribution in [0.2, 0.25) is 0 Å². The van der Waals surface area contributed by atoms with Gasteiger partial charge < -0.3 is 9.64 Å². The van der Waals surface area contributed by atoms with Crippen LogP contribution in [0.5, 0.6) is 0 Å². The van der Waals surface area contributed by atoms with Gasteiger partial charge >= 0.3 is 0 Å². The number of nitrogens with zero attached hydrogens (tertiary/aromatic N) is 1. The number of rotatable bonds is 8. The van der Waals surface area contributed by atoms with Gasteiger partial charge in [-0.05, 0) is 44.0 Å². The van der Waals surface area contributed by atoms with E-state index >= 15 is 0 Å². The van der Waals surface area contributed by atoms with Crippen molar-refractivity contribution in [2.45, 2.75) is 32.1 Å². The highest BCUT2D eigenvalue weighted by molar-refractivity contribution is 7.80. The Morgan fingerprint density at radius 3 is 2.80 bits per heavy atom. The first-order chi connectivity index (χ1) is 7.36. The molecule has 0 aliphatic carbocycles. The second-order valence-electron chi connectivity index (χ2n) is 4.55. The molecule has 1 aliphatic heterocycles. The maximum atomic E-state index is 5.20. The molecular formula is C12H25NOS. The van der Waals surface area contributed by atoms with Crippen molar-refractivity contribution in [3.8, 4) is 0 Å².